The molecule has 0 saturated carbocycles. The third kappa shape index (κ3) is 7.54. The molecule has 10 heteroatoms. The van der Waals surface area contributed by atoms with Crippen molar-refractivity contribution in [3.63, 3.8) is 0 Å². The molecule has 0 radical (unpaired) electrons. The third-order valence-corrected chi connectivity index (χ3v) is 5.95. The van der Waals surface area contributed by atoms with Crippen LogP contribution in [-0.2, 0) is 19.6 Å². The Kier molecular flexibility index (Phi) is 8.43. The molecule has 184 valence electrons. The van der Waals surface area contributed by atoms with Gasteiger partial charge < -0.3 is 10.1 Å². The predicted octanol–water partition coefficient (Wildman–Crippen LogP) is 2.66. The summed E-state index contributed by atoms with van der Waals surface area (Å²) >= 11 is 0. The number of nitrogens with zero attached hydrogens (tertiary/aromatic N) is 2. The first kappa shape index (κ1) is 25.7. The van der Waals surface area contributed by atoms with Crippen LogP contribution in [0.5, 0.6) is 5.75 Å². The lowest BCUT2D eigenvalue weighted by Gasteiger charge is -2.23. The first-order valence-corrected chi connectivity index (χ1v) is 12.8. The van der Waals surface area contributed by atoms with Gasteiger partial charge in [-0.2, -0.15) is 5.10 Å². The molecule has 9 nitrogen and oxygen atoms in total. The van der Waals surface area contributed by atoms with E-state index in [9.17, 15) is 18.0 Å². The lowest BCUT2D eigenvalue weighted by atomic mass is 10.1. The van der Waals surface area contributed by atoms with E-state index in [1.807, 2.05) is 44.2 Å². The number of sulfonamides is 1. The highest BCUT2D eigenvalue weighted by Crippen LogP contribution is 2.28. The summed E-state index contributed by atoms with van der Waals surface area (Å²) in [4.78, 5) is 24.1. The van der Waals surface area contributed by atoms with E-state index < -0.39 is 22.5 Å². The maximum absolute atomic E-state index is 12.5. The molecule has 0 heterocycles. The van der Waals surface area contributed by atoms with Crippen molar-refractivity contribution in [2.75, 3.05) is 23.7 Å². The minimum atomic E-state index is -3.73. The second-order valence-electron chi connectivity index (χ2n) is 8.14. The highest BCUT2D eigenvalue weighted by atomic mass is 32.2. The van der Waals surface area contributed by atoms with Gasteiger partial charge in [-0.25, -0.2) is 13.8 Å². The fourth-order valence-corrected chi connectivity index (χ4v) is 4.18. The number of benzene rings is 3. The molecule has 0 aromatic heterocycles. The Morgan fingerprint density at radius 3 is 2.37 bits per heavy atom. The van der Waals surface area contributed by atoms with E-state index in [1.165, 1.54) is 6.21 Å². The number of ether oxygens (including phenoxy) is 1. The molecule has 0 aliphatic rings. The van der Waals surface area contributed by atoms with Crippen molar-refractivity contribution in [3.8, 4) is 5.75 Å². The Morgan fingerprint density at radius 1 is 1.00 bits per heavy atom. The number of hydrogen-bond acceptors (Lipinski definition) is 6. The largest absolute Gasteiger partial charge is 0.484 e. The molecule has 0 bridgehead atoms. The standard InChI is InChI=1S/C25H28N4O5S/c1-18(2)27-25(31)17-34-21-13-11-19(12-14-21)15-26-28-24(30)16-29(35(3,32)33)23-10-6-8-20-7-4-5-9-22(20)23/h4-15,18H,16-17H2,1-3H3,(H,27,31)(H,28,30)/b26-15-. The number of amides is 2. The molecule has 2 amide bonds. The number of carbonyl (C=O) groups is 2. The number of rotatable bonds is 10. The smallest absolute Gasteiger partial charge is 0.260 e. The highest BCUT2D eigenvalue weighted by Gasteiger charge is 2.22. The summed E-state index contributed by atoms with van der Waals surface area (Å²) in [6, 6.07) is 19.5. The van der Waals surface area contributed by atoms with E-state index >= 15 is 0 Å². The second kappa shape index (κ2) is 11.5. The van der Waals surface area contributed by atoms with Gasteiger partial charge in [-0.3, -0.25) is 13.9 Å². The Balaban J connectivity index is 1.61. The zero-order valence-corrected chi connectivity index (χ0v) is 20.6. The van der Waals surface area contributed by atoms with Gasteiger partial charge in [-0.05, 0) is 55.1 Å². The highest BCUT2D eigenvalue weighted by molar-refractivity contribution is 7.92. The Morgan fingerprint density at radius 2 is 1.69 bits per heavy atom. The molecular weight excluding hydrogens is 468 g/mol. The van der Waals surface area contributed by atoms with Crippen molar-refractivity contribution < 1.29 is 22.7 Å². The Hall–Kier alpha value is -3.92. The molecule has 0 spiro atoms. The van der Waals surface area contributed by atoms with E-state index in [4.69, 9.17) is 4.74 Å². The molecule has 0 atom stereocenters. The zero-order chi connectivity index (χ0) is 25.4. The Labute approximate surface area is 204 Å². The molecule has 0 aliphatic heterocycles. The summed E-state index contributed by atoms with van der Waals surface area (Å²) in [6.45, 7) is 3.23. The van der Waals surface area contributed by atoms with Crippen LogP contribution in [0.3, 0.4) is 0 Å². The van der Waals surface area contributed by atoms with Gasteiger partial charge in [0.1, 0.15) is 12.3 Å². The van der Waals surface area contributed by atoms with Crippen LogP contribution in [-0.4, -0.2) is 51.9 Å². The van der Waals surface area contributed by atoms with Crippen LogP contribution in [0.15, 0.2) is 71.8 Å². The minimum absolute atomic E-state index is 0.0384. The number of hydrazone groups is 1. The van der Waals surface area contributed by atoms with Gasteiger partial charge in [0.2, 0.25) is 10.0 Å². The minimum Gasteiger partial charge on any atom is -0.484 e. The van der Waals surface area contributed by atoms with Gasteiger partial charge in [-0.15, -0.1) is 0 Å². The second-order valence-corrected chi connectivity index (χ2v) is 10.0. The van der Waals surface area contributed by atoms with E-state index in [-0.39, 0.29) is 18.6 Å². The van der Waals surface area contributed by atoms with Gasteiger partial charge in [-0.1, -0.05) is 36.4 Å². The average molecular weight is 497 g/mol. The molecule has 0 fully saturated rings. The number of carbonyl (C=O) groups excluding carboxylic acids is 2. The first-order valence-electron chi connectivity index (χ1n) is 10.9. The lowest BCUT2D eigenvalue weighted by molar-refractivity contribution is -0.123. The summed E-state index contributed by atoms with van der Waals surface area (Å²) in [7, 11) is -3.73. The number of nitrogens with one attached hydrogen (secondary N) is 2. The molecule has 3 aromatic carbocycles. The van der Waals surface area contributed by atoms with Crippen molar-refractivity contribution in [2.45, 2.75) is 19.9 Å². The number of fused-ring (bicyclic) bond motifs is 1. The van der Waals surface area contributed by atoms with Crippen molar-refractivity contribution in [2.24, 2.45) is 5.10 Å². The van der Waals surface area contributed by atoms with Gasteiger partial charge >= 0.3 is 0 Å². The topological polar surface area (TPSA) is 117 Å². The summed E-state index contributed by atoms with van der Waals surface area (Å²) < 4.78 is 31.4. The normalized spacial score (nSPS) is 11.5. The summed E-state index contributed by atoms with van der Waals surface area (Å²) in [5.41, 5.74) is 3.46. The van der Waals surface area contributed by atoms with Crippen LogP contribution in [0.4, 0.5) is 5.69 Å². The molecule has 2 N–H and O–H groups in total. The molecule has 0 saturated heterocycles. The fraction of sp³-hybridized carbons (Fsp3) is 0.240. The van der Waals surface area contributed by atoms with Crippen LogP contribution >= 0.6 is 0 Å². The fourth-order valence-electron chi connectivity index (χ4n) is 3.31. The number of anilines is 1. The molecule has 0 aliphatic carbocycles. The molecule has 0 unspecified atom stereocenters. The van der Waals surface area contributed by atoms with Crippen molar-refractivity contribution in [1.29, 1.82) is 0 Å². The lowest BCUT2D eigenvalue weighted by Crippen LogP contribution is -2.39. The maximum Gasteiger partial charge on any atom is 0.260 e. The van der Waals surface area contributed by atoms with E-state index in [0.29, 0.717) is 17.0 Å². The molecule has 3 aromatic rings. The maximum atomic E-state index is 12.5. The van der Waals surface area contributed by atoms with Crippen molar-refractivity contribution in [3.05, 3.63) is 72.3 Å². The zero-order valence-electron chi connectivity index (χ0n) is 19.8. The van der Waals surface area contributed by atoms with Crippen molar-refractivity contribution >= 4 is 44.5 Å². The predicted molar refractivity (Wildman–Crippen MR) is 137 cm³/mol. The molecule has 3 rings (SSSR count). The first-order chi connectivity index (χ1) is 16.6. The van der Waals surface area contributed by atoms with Crippen LogP contribution < -0.4 is 19.8 Å². The van der Waals surface area contributed by atoms with Crippen LogP contribution in [0.1, 0.15) is 19.4 Å². The van der Waals surface area contributed by atoms with Gasteiger partial charge in [0.25, 0.3) is 11.8 Å². The summed E-state index contributed by atoms with van der Waals surface area (Å²) in [5, 5.41) is 8.25. The van der Waals surface area contributed by atoms with Crippen molar-refractivity contribution in [1.82, 2.24) is 10.7 Å². The quantitative estimate of drug-likeness (QED) is 0.331. The third-order valence-electron chi connectivity index (χ3n) is 4.83. The van der Waals surface area contributed by atoms with Crippen LogP contribution in [0.2, 0.25) is 0 Å². The average Bonchev–Trinajstić information content (AvgIpc) is 2.80. The summed E-state index contributed by atoms with van der Waals surface area (Å²) in [6.07, 6.45) is 2.48. The van der Waals surface area contributed by atoms with Gasteiger partial charge in [0, 0.05) is 11.4 Å². The summed E-state index contributed by atoms with van der Waals surface area (Å²) in [5.74, 6) is -0.278. The van der Waals surface area contributed by atoms with E-state index in [2.05, 4.69) is 15.8 Å². The van der Waals surface area contributed by atoms with Gasteiger partial charge in [0.15, 0.2) is 6.61 Å². The SMILES string of the molecule is CC(C)NC(=O)COc1ccc(/C=N\NC(=O)CN(c2cccc3ccccc23)S(C)(=O)=O)cc1. The monoisotopic (exact) mass is 496 g/mol. The molecular formula is C25H28N4O5S. The van der Waals surface area contributed by atoms with Crippen LogP contribution in [0, 0.1) is 0 Å². The number of hydrogen-bond donors (Lipinski definition) is 2. The molecule has 35 heavy (non-hydrogen) atoms. The van der Waals surface area contributed by atoms with Crippen LogP contribution in [0.25, 0.3) is 10.8 Å². The Bertz CT molecular complexity index is 1320. The van der Waals surface area contributed by atoms with Gasteiger partial charge in [0.05, 0.1) is 18.2 Å². The van der Waals surface area contributed by atoms with E-state index in [1.54, 1.807) is 36.4 Å². The van der Waals surface area contributed by atoms with E-state index in [0.717, 1.165) is 21.3 Å².